The third-order valence-electron chi connectivity index (χ3n) is 4.99. The van der Waals surface area contributed by atoms with Gasteiger partial charge >= 0.3 is 0 Å². The number of anilines is 3. The molecule has 2 aliphatic rings. The number of hydrogen-bond acceptors (Lipinski definition) is 8. The first-order valence-corrected chi connectivity index (χ1v) is 11.7. The average molecular weight is 459 g/mol. The number of nitrogens with one attached hydrogen (secondary N) is 2. The van der Waals surface area contributed by atoms with E-state index in [1.165, 1.54) is 35.2 Å². The summed E-state index contributed by atoms with van der Waals surface area (Å²) in [4.78, 5) is 12.4. The van der Waals surface area contributed by atoms with Crippen LogP contribution < -0.4 is 20.1 Å². The minimum atomic E-state index is -0.518. The standard InChI is InChI=1S/C21H19FN4O3S2/c22-13-4-3-5-14(10-13)24-19-25-26-20(31-19)30-12-18(27)23-15-6-7-16-17(11-15)29-21(28-16)8-1-2-9-21/h3-7,10-11H,1-2,8-9,12H2,(H,23,27)(H,24,25). The number of ether oxygens (including phenoxy) is 2. The Balaban J connectivity index is 1.14. The van der Waals surface area contributed by atoms with E-state index in [4.69, 9.17) is 9.47 Å². The molecule has 1 fully saturated rings. The number of fused-ring (bicyclic) bond motifs is 1. The van der Waals surface area contributed by atoms with E-state index in [0.29, 0.717) is 26.6 Å². The van der Waals surface area contributed by atoms with Crippen molar-refractivity contribution in [2.24, 2.45) is 0 Å². The lowest BCUT2D eigenvalue weighted by atomic mass is 10.2. The number of benzene rings is 2. The van der Waals surface area contributed by atoms with Gasteiger partial charge in [0.05, 0.1) is 5.75 Å². The Kier molecular flexibility index (Phi) is 5.41. The van der Waals surface area contributed by atoms with Crippen LogP contribution in [0.3, 0.4) is 0 Å². The smallest absolute Gasteiger partial charge is 0.251 e. The summed E-state index contributed by atoms with van der Waals surface area (Å²) in [5, 5.41) is 14.5. The Morgan fingerprint density at radius 1 is 1.10 bits per heavy atom. The molecule has 2 heterocycles. The van der Waals surface area contributed by atoms with Crippen LogP contribution in [0.1, 0.15) is 25.7 Å². The van der Waals surface area contributed by atoms with Gasteiger partial charge in [-0.05, 0) is 43.2 Å². The van der Waals surface area contributed by atoms with Crippen molar-refractivity contribution in [3.05, 3.63) is 48.3 Å². The summed E-state index contributed by atoms with van der Waals surface area (Å²) in [6.07, 6.45) is 3.97. The predicted octanol–water partition coefficient (Wildman–Crippen LogP) is 5.19. The monoisotopic (exact) mass is 458 g/mol. The number of hydrogen-bond donors (Lipinski definition) is 2. The fourth-order valence-electron chi connectivity index (χ4n) is 3.62. The number of nitrogens with zero attached hydrogens (tertiary/aromatic N) is 2. The van der Waals surface area contributed by atoms with Crippen LogP contribution in [0.4, 0.5) is 20.9 Å². The zero-order valence-electron chi connectivity index (χ0n) is 16.4. The van der Waals surface area contributed by atoms with Gasteiger partial charge in [-0.25, -0.2) is 4.39 Å². The zero-order chi connectivity index (χ0) is 21.3. The molecule has 1 spiro atoms. The second-order valence-electron chi connectivity index (χ2n) is 7.33. The molecule has 3 aromatic rings. The van der Waals surface area contributed by atoms with Crippen molar-refractivity contribution in [3.63, 3.8) is 0 Å². The van der Waals surface area contributed by atoms with Crippen LogP contribution in [-0.2, 0) is 4.79 Å². The van der Waals surface area contributed by atoms with Crippen LogP contribution >= 0.6 is 23.1 Å². The normalized spacial score (nSPS) is 15.9. The molecule has 1 aromatic heterocycles. The van der Waals surface area contributed by atoms with Crippen molar-refractivity contribution in [1.29, 1.82) is 0 Å². The number of amides is 1. The molecule has 1 amide bonds. The highest BCUT2D eigenvalue weighted by Gasteiger charge is 2.44. The van der Waals surface area contributed by atoms with Crippen LogP contribution in [0.25, 0.3) is 0 Å². The maximum atomic E-state index is 13.3. The van der Waals surface area contributed by atoms with E-state index in [1.807, 2.05) is 12.1 Å². The van der Waals surface area contributed by atoms with Crippen molar-refractivity contribution in [3.8, 4) is 11.5 Å². The molecule has 0 unspecified atom stereocenters. The lowest BCUT2D eigenvalue weighted by molar-refractivity contribution is -0.113. The number of carbonyl (C=O) groups is 1. The lowest BCUT2D eigenvalue weighted by Crippen LogP contribution is -2.34. The molecule has 5 rings (SSSR count). The number of thioether (sulfide) groups is 1. The summed E-state index contributed by atoms with van der Waals surface area (Å²) in [7, 11) is 0. The van der Waals surface area contributed by atoms with Crippen LogP contribution in [0.2, 0.25) is 0 Å². The number of halogens is 1. The number of rotatable bonds is 6. The molecule has 1 aliphatic heterocycles. The highest BCUT2D eigenvalue weighted by Crippen LogP contribution is 2.47. The van der Waals surface area contributed by atoms with Crippen molar-refractivity contribution in [1.82, 2.24) is 10.2 Å². The Morgan fingerprint density at radius 3 is 2.77 bits per heavy atom. The summed E-state index contributed by atoms with van der Waals surface area (Å²) in [5.41, 5.74) is 1.25. The van der Waals surface area contributed by atoms with E-state index in [0.717, 1.165) is 31.4 Å². The van der Waals surface area contributed by atoms with E-state index >= 15 is 0 Å². The topological polar surface area (TPSA) is 85.4 Å². The Labute approximate surface area is 186 Å². The molecular formula is C21H19FN4O3S2. The minimum absolute atomic E-state index is 0.158. The average Bonchev–Trinajstić information content (AvgIpc) is 3.47. The summed E-state index contributed by atoms with van der Waals surface area (Å²) >= 11 is 2.59. The van der Waals surface area contributed by atoms with Crippen molar-refractivity contribution in [2.45, 2.75) is 35.8 Å². The molecule has 7 nitrogen and oxygen atoms in total. The third kappa shape index (κ3) is 4.59. The fourth-order valence-corrected chi connectivity index (χ4v) is 5.19. The van der Waals surface area contributed by atoms with E-state index < -0.39 is 5.79 Å². The molecule has 10 heteroatoms. The first-order chi connectivity index (χ1) is 15.1. The van der Waals surface area contributed by atoms with E-state index in [2.05, 4.69) is 20.8 Å². The van der Waals surface area contributed by atoms with Crippen LogP contribution in [0.15, 0.2) is 46.8 Å². The van der Waals surface area contributed by atoms with Gasteiger partial charge < -0.3 is 20.1 Å². The number of carbonyl (C=O) groups excluding carboxylic acids is 1. The van der Waals surface area contributed by atoms with Gasteiger partial charge in [0, 0.05) is 30.3 Å². The van der Waals surface area contributed by atoms with Gasteiger partial charge in [-0.15, -0.1) is 10.2 Å². The zero-order valence-corrected chi connectivity index (χ0v) is 18.0. The first kappa shape index (κ1) is 20.1. The van der Waals surface area contributed by atoms with Gasteiger partial charge in [-0.2, -0.15) is 0 Å². The molecule has 31 heavy (non-hydrogen) atoms. The van der Waals surface area contributed by atoms with Gasteiger partial charge in [-0.3, -0.25) is 4.79 Å². The molecular weight excluding hydrogens is 439 g/mol. The third-order valence-corrected chi connectivity index (χ3v) is 6.97. The van der Waals surface area contributed by atoms with Crippen molar-refractivity contribution >= 4 is 45.5 Å². The highest BCUT2D eigenvalue weighted by molar-refractivity contribution is 8.01. The maximum Gasteiger partial charge on any atom is 0.251 e. The molecule has 2 aromatic carbocycles. The quantitative estimate of drug-likeness (QED) is 0.492. The van der Waals surface area contributed by atoms with Crippen LogP contribution in [0, 0.1) is 5.82 Å². The molecule has 1 saturated carbocycles. The van der Waals surface area contributed by atoms with Crippen molar-refractivity contribution < 1.29 is 18.7 Å². The summed E-state index contributed by atoms with van der Waals surface area (Å²) in [5.74, 6) is 0.575. The van der Waals surface area contributed by atoms with Gasteiger partial charge in [0.2, 0.25) is 11.0 Å². The molecule has 0 saturated heterocycles. The first-order valence-electron chi connectivity index (χ1n) is 9.88. The van der Waals surface area contributed by atoms with Gasteiger partial charge in [-0.1, -0.05) is 29.2 Å². The van der Waals surface area contributed by atoms with Crippen LogP contribution in [-0.4, -0.2) is 27.6 Å². The maximum absolute atomic E-state index is 13.3. The Hall–Kier alpha value is -2.85. The van der Waals surface area contributed by atoms with Gasteiger partial charge in [0.25, 0.3) is 5.79 Å². The molecule has 0 radical (unpaired) electrons. The molecule has 0 bridgehead atoms. The molecule has 0 atom stereocenters. The molecule has 160 valence electrons. The summed E-state index contributed by atoms with van der Waals surface area (Å²) in [6, 6.07) is 11.6. The lowest BCUT2D eigenvalue weighted by Gasteiger charge is -2.21. The number of aromatic nitrogens is 2. The van der Waals surface area contributed by atoms with Gasteiger partial charge in [0.1, 0.15) is 5.82 Å². The summed E-state index contributed by atoms with van der Waals surface area (Å²) < 4.78 is 26.0. The molecule has 2 N–H and O–H groups in total. The second kappa shape index (κ2) is 8.35. The van der Waals surface area contributed by atoms with Crippen LogP contribution in [0.5, 0.6) is 11.5 Å². The second-order valence-corrected chi connectivity index (χ2v) is 9.53. The largest absolute Gasteiger partial charge is 0.448 e. The Bertz CT molecular complexity index is 1120. The van der Waals surface area contributed by atoms with E-state index in [9.17, 15) is 9.18 Å². The minimum Gasteiger partial charge on any atom is -0.448 e. The highest BCUT2D eigenvalue weighted by atomic mass is 32.2. The summed E-state index contributed by atoms with van der Waals surface area (Å²) in [6.45, 7) is 0. The predicted molar refractivity (Wildman–Crippen MR) is 118 cm³/mol. The van der Waals surface area contributed by atoms with Gasteiger partial charge in [0.15, 0.2) is 15.8 Å². The molecule has 1 aliphatic carbocycles. The van der Waals surface area contributed by atoms with E-state index in [-0.39, 0.29) is 17.5 Å². The SMILES string of the molecule is O=C(CSc1nnc(Nc2cccc(F)c2)s1)Nc1ccc2c(c1)OC1(CCCC1)O2. The van der Waals surface area contributed by atoms with E-state index in [1.54, 1.807) is 18.2 Å². The fraction of sp³-hybridized carbons (Fsp3) is 0.286. The van der Waals surface area contributed by atoms with Crippen molar-refractivity contribution in [2.75, 3.05) is 16.4 Å². The Morgan fingerprint density at radius 2 is 1.94 bits per heavy atom.